The van der Waals surface area contributed by atoms with Gasteiger partial charge in [0.2, 0.25) is 0 Å². The Hall–Kier alpha value is -4.51. The third kappa shape index (κ3) is 3.57. The molecule has 0 unspecified atom stereocenters. The summed E-state index contributed by atoms with van der Waals surface area (Å²) in [6, 6.07) is 14.0. The summed E-state index contributed by atoms with van der Waals surface area (Å²) in [6.07, 6.45) is 0. The first-order valence-corrected chi connectivity index (χ1v) is 13.0. The van der Waals surface area contributed by atoms with Crippen molar-refractivity contribution in [2.24, 2.45) is 5.73 Å². The molecular weight excluding hydrogens is 515 g/mol. The molecule has 6 rings (SSSR count). The van der Waals surface area contributed by atoms with Gasteiger partial charge in [-0.2, -0.15) is 0 Å². The molecule has 2 aliphatic heterocycles. The van der Waals surface area contributed by atoms with Crippen molar-refractivity contribution < 1.29 is 17.9 Å². The number of nitrogens with one attached hydrogen (secondary N) is 2. The fourth-order valence-electron chi connectivity index (χ4n) is 6.25. The van der Waals surface area contributed by atoms with Crippen molar-refractivity contribution in [1.29, 1.82) is 0 Å². The lowest BCUT2D eigenvalue weighted by Gasteiger charge is -2.34. The summed E-state index contributed by atoms with van der Waals surface area (Å²) in [7, 11) is 0. The Bertz CT molecular complexity index is 1940. The number of aromatic nitrogens is 3. The van der Waals surface area contributed by atoms with Crippen molar-refractivity contribution in [2.75, 3.05) is 13.2 Å². The second-order valence-electron chi connectivity index (χ2n) is 10.3. The van der Waals surface area contributed by atoms with E-state index >= 15 is 8.63 Å². The van der Waals surface area contributed by atoms with Crippen molar-refractivity contribution in [3.63, 3.8) is 0 Å². The topological polar surface area (TPSA) is 109 Å². The number of nitrogens with zero attached hydrogens (tertiary/aromatic N) is 2. The molecule has 40 heavy (non-hydrogen) atoms. The highest BCUT2D eigenvalue weighted by atomic mass is 19.2. The zero-order chi connectivity index (χ0) is 28.5. The van der Waals surface area contributed by atoms with E-state index in [-0.39, 0.29) is 10.8 Å². The highest BCUT2D eigenvalue weighted by Gasteiger charge is 2.56. The van der Waals surface area contributed by atoms with Crippen molar-refractivity contribution in [2.45, 2.75) is 27.7 Å². The molecule has 4 aromatic rings. The van der Waals surface area contributed by atoms with Gasteiger partial charge in [0.1, 0.15) is 18.1 Å². The van der Waals surface area contributed by atoms with Gasteiger partial charge >= 0.3 is 6.97 Å². The molecule has 4 heterocycles. The zero-order valence-corrected chi connectivity index (χ0v) is 22.6. The predicted octanol–water partition coefficient (Wildman–Crippen LogP) is 3.93. The lowest BCUT2D eigenvalue weighted by atomic mass is 9.83. The Labute approximate surface area is 228 Å². The Morgan fingerprint density at radius 3 is 2.23 bits per heavy atom. The number of hydrogen-bond acceptors (Lipinski definition) is 4. The van der Waals surface area contributed by atoms with Crippen LogP contribution in [0.1, 0.15) is 41.9 Å². The Balaban J connectivity index is 1.66. The van der Waals surface area contributed by atoms with Gasteiger partial charge in [0, 0.05) is 24.7 Å². The molecular formula is C29H28BF2N5O3. The predicted molar refractivity (Wildman–Crippen MR) is 153 cm³/mol. The number of halogens is 2. The van der Waals surface area contributed by atoms with Gasteiger partial charge in [0.15, 0.2) is 5.70 Å². The molecule has 2 aliphatic rings. The number of H-pyrrole nitrogens is 2. The van der Waals surface area contributed by atoms with Crippen LogP contribution in [-0.4, -0.2) is 45.0 Å². The molecule has 204 valence electrons. The molecule has 0 spiro atoms. The number of hydrogen-bond donors (Lipinski definition) is 3. The minimum atomic E-state index is -4.24. The molecule has 0 amide bonds. The van der Waals surface area contributed by atoms with Crippen LogP contribution in [-0.2, 0) is 0 Å². The van der Waals surface area contributed by atoms with Gasteiger partial charge in [-0.3, -0.25) is 19.8 Å². The first-order chi connectivity index (χ1) is 19.1. The lowest BCUT2D eigenvalue weighted by Crippen LogP contribution is -2.51. The molecule has 2 aromatic heterocycles. The van der Waals surface area contributed by atoms with Crippen LogP contribution < -0.4 is 21.6 Å². The molecule has 8 nitrogen and oxygen atoms in total. The average molecular weight is 543 g/mol. The molecule has 4 N–H and O–H groups in total. The van der Waals surface area contributed by atoms with Crippen LogP contribution in [0.3, 0.4) is 0 Å². The van der Waals surface area contributed by atoms with Gasteiger partial charge in [-0.15, -0.1) is 0 Å². The van der Waals surface area contributed by atoms with Crippen LogP contribution in [0.5, 0.6) is 5.75 Å². The number of aryl methyl sites for hydroxylation is 2. The fourth-order valence-corrected chi connectivity index (χ4v) is 6.25. The molecule has 0 bridgehead atoms. The zero-order valence-electron chi connectivity index (χ0n) is 22.6. The van der Waals surface area contributed by atoms with Crippen LogP contribution in [0.15, 0.2) is 69.4 Å². The molecule has 0 aliphatic carbocycles. The van der Waals surface area contributed by atoms with Gasteiger partial charge < -0.3 is 28.1 Å². The molecule has 0 radical (unpaired) electrons. The van der Waals surface area contributed by atoms with E-state index in [1.165, 1.54) is 0 Å². The van der Waals surface area contributed by atoms with Gasteiger partial charge in [0.25, 0.3) is 11.1 Å². The normalized spacial score (nSPS) is 16.2. The van der Waals surface area contributed by atoms with Gasteiger partial charge in [-0.05, 0) is 73.5 Å². The third-order valence-electron chi connectivity index (χ3n) is 7.83. The number of ether oxygens (including phenoxy) is 1. The van der Waals surface area contributed by atoms with E-state index < -0.39 is 18.1 Å². The summed E-state index contributed by atoms with van der Waals surface area (Å²) in [5.41, 5.74) is 10.4. The number of benzene rings is 2. The molecule has 0 saturated heterocycles. The van der Waals surface area contributed by atoms with Crippen molar-refractivity contribution in [3.8, 4) is 5.75 Å². The minimum Gasteiger partial charge on any atom is -0.492 e. The highest BCUT2D eigenvalue weighted by Crippen LogP contribution is 2.47. The van der Waals surface area contributed by atoms with Crippen molar-refractivity contribution in [1.82, 2.24) is 14.7 Å². The van der Waals surface area contributed by atoms with E-state index in [4.69, 9.17) is 10.5 Å². The van der Waals surface area contributed by atoms with E-state index in [9.17, 15) is 9.59 Å². The van der Waals surface area contributed by atoms with Crippen LogP contribution in [0.25, 0.3) is 21.9 Å². The highest BCUT2D eigenvalue weighted by molar-refractivity contribution is 6.59. The third-order valence-corrected chi connectivity index (χ3v) is 7.83. The summed E-state index contributed by atoms with van der Waals surface area (Å²) >= 11 is 0. The maximum Gasteiger partial charge on any atom is 0.737 e. The van der Waals surface area contributed by atoms with Gasteiger partial charge in [-0.25, -0.2) is 0 Å². The maximum atomic E-state index is 16.5. The van der Waals surface area contributed by atoms with E-state index in [1.54, 1.807) is 38.1 Å². The Morgan fingerprint density at radius 1 is 0.900 bits per heavy atom. The second-order valence-corrected chi connectivity index (χ2v) is 10.3. The summed E-state index contributed by atoms with van der Waals surface area (Å²) in [5, 5.41) is 5.08. The standard InChI is InChI=1S/C29H28BF2N5O3/c1-15-13-16(2)36-26(15)25(19-5-8-21(9-6-19)40-12-11-33)27-17(3)24(18(4)37(27)30(36,31)32)20-7-10-22-23(14-20)29(39)35-34-28(22)38/h5-10,13-14H,11-12,33H2,1-4H3,(H,34,38)(H,35,39). The second kappa shape index (κ2) is 9.02. The molecule has 0 fully saturated rings. The summed E-state index contributed by atoms with van der Waals surface area (Å²) in [4.78, 5) is 24.8. The minimum absolute atomic E-state index is 0.191. The molecule has 0 atom stereocenters. The Kier molecular flexibility index (Phi) is 5.81. The van der Waals surface area contributed by atoms with Crippen LogP contribution in [0.4, 0.5) is 8.63 Å². The molecule has 2 aromatic carbocycles. The lowest BCUT2D eigenvalue weighted by molar-refractivity contribution is -0.363. The number of aromatic amines is 2. The number of nitrogens with two attached hydrogens (primary N) is 1. The largest absolute Gasteiger partial charge is 0.737 e. The van der Waals surface area contributed by atoms with Crippen molar-refractivity contribution in [3.05, 3.63) is 109 Å². The summed E-state index contributed by atoms with van der Waals surface area (Å²) < 4.78 is 41.0. The van der Waals surface area contributed by atoms with Crippen LogP contribution in [0, 0.1) is 13.8 Å². The van der Waals surface area contributed by atoms with Gasteiger partial charge in [0.05, 0.1) is 21.9 Å². The van der Waals surface area contributed by atoms with E-state index in [2.05, 4.69) is 10.2 Å². The number of fused-ring (bicyclic) bond motifs is 3. The maximum absolute atomic E-state index is 16.5. The quantitative estimate of drug-likeness (QED) is 0.332. The monoisotopic (exact) mass is 543 g/mol. The fraction of sp³-hybridized carbons (Fsp3) is 0.207. The SMILES string of the molecule is CC1=C(c2ccc3c(=O)[nH][nH]c(=O)c3c2)C(C)=[N+]2C1=C(c1ccc(OCCN)cc1)c1c(C)cc(C)n1[B-]2(F)F. The smallest absolute Gasteiger partial charge is 0.492 e. The molecule has 11 heteroatoms. The Morgan fingerprint density at radius 2 is 1.55 bits per heavy atom. The van der Waals surface area contributed by atoms with E-state index in [0.717, 1.165) is 20.1 Å². The first kappa shape index (κ1) is 25.8. The van der Waals surface area contributed by atoms with E-state index in [0.29, 0.717) is 64.0 Å². The van der Waals surface area contributed by atoms with E-state index in [1.807, 2.05) is 38.1 Å². The number of rotatable bonds is 5. The summed E-state index contributed by atoms with van der Waals surface area (Å²) in [6.45, 7) is 3.55. The first-order valence-electron chi connectivity index (χ1n) is 13.0. The molecule has 0 saturated carbocycles. The van der Waals surface area contributed by atoms with Crippen LogP contribution in [0.2, 0.25) is 0 Å². The van der Waals surface area contributed by atoms with Crippen LogP contribution >= 0.6 is 0 Å². The van der Waals surface area contributed by atoms with Gasteiger partial charge in [-0.1, -0.05) is 18.2 Å². The van der Waals surface area contributed by atoms with Crippen molar-refractivity contribution >= 4 is 34.6 Å². The number of allylic oxidation sites excluding steroid dienone is 2. The summed E-state index contributed by atoms with van der Waals surface area (Å²) in [5.74, 6) is 0.642. The average Bonchev–Trinajstić information content (AvgIpc) is 3.38.